The largest absolute Gasteiger partial charge is 0.489 e. The Hall–Kier alpha value is -3.86. The second kappa shape index (κ2) is 8.22. The minimum Gasteiger partial charge on any atom is -0.489 e. The first kappa shape index (κ1) is 17.5. The summed E-state index contributed by atoms with van der Waals surface area (Å²) in [7, 11) is 0. The number of ether oxygens (including phenoxy) is 1. The number of hydrogen-bond donors (Lipinski definition) is 2. The third-order valence-electron chi connectivity index (χ3n) is 4.20. The Morgan fingerprint density at radius 1 is 0.786 bits per heavy atom. The van der Waals surface area contributed by atoms with Crippen molar-refractivity contribution in [3.05, 3.63) is 96.6 Å². The first-order valence-electron chi connectivity index (χ1n) is 8.97. The maximum atomic E-state index is 12.2. The fourth-order valence-electron chi connectivity index (χ4n) is 2.79. The fraction of sp³-hybridized carbons (Fsp3) is 0.0435. The fourth-order valence-corrected chi connectivity index (χ4v) is 2.79. The molecular weight excluding hydrogens is 350 g/mol. The molecule has 138 valence electrons. The van der Waals surface area contributed by atoms with Crippen LogP contribution in [0.15, 0.2) is 91.0 Å². The highest BCUT2D eigenvalue weighted by Crippen LogP contribution is 2.18. The van der Waals surface area contributed by atoms with E-state index in [0.29, 0.717) is 18.1 Å². The Labute approximate surface area is 163 Å². The van der Waals surface area contributed by atoms with Crippen LogP contribution in [0.1, 0.15) is 5.56 Å². The van der Waals surface area contributed by atoms with Crippen molar-refractivity contribution < 1.29 is 9.53 Å². The average Bonchev–Trinajstić information content (AvgIpc) is 2.74. The highest BCUT2D eigenvalue weighted by Gasteiger charge is 2.05. The molecule has 5 heteroatoms. The Kier molecular flexibility index (Phi) is 5.15. The SMILES string of the molecule is O=C(Nc1ccc(OCc2ccccc2)cc1)Nc1ccc2ccccc2n1. The molecule has 0 saturated carbocycles. The van der Waals surface area contributed by atoms with E-state index in [2.05, 4.69) is 15.6 Å². The van der Waals surface area contributed by atoms with Gasteiger partial charge in [0.25, 0.3) is 0 Å². The smallest absolute Gasteiger partial charge is 0.324 e. The van der Waals surface area contributed by atoms with Gasteiger partial charge in [0, 0.05) is 11.1 Å². The maximum Gasteiger partial charge on any atom is 0.324 e. The Morgan fingerprint density at radius 3 is 2.36 bits per heavy atom. The van der Waals surface area contributed by atoms with E-state index in [9.17, 15) is 4.79 Å². The van der Waals surface area contributed by atoms with Gasteiger partial charge in [-0.3, -0.25) is 5.32 Å². The van der Waals surface area contributed by atoms with Crippen LogP contribution in [-0.4, -0.2) is 11.0 Å². The van der Waals surface area contributed by atoms with Crippen molar-refractivity contribution in [3.63, 3.8) is 0 Å². The predicted molar refractivity (Wildman–Crippen MR) is 112 cm³/mol. The van der Waals surface area contributed by atoms with E-state index < -0.39 is 0 Å². The molecule has 1 heterocycles. The van der Waals surface area contributed by atoms with Gasteiger partial charge in [-0.2, -0.15) is 0 Å². The Bertz CT molecular complexity index is 1080. The number of hydrogen-bond acceptors (Lipinski definition) is 3. The van der Waals surface area contributed by atoms with E-state index in [1.807, 2.05) is 72.8 Å². The standard InChI is InChI=1S/C23H19N3O2/c27-23(26-22-15-10-18-8-4-5-9-21(18)25-22)24-19-11-13-20(14-12-19)28-16-17-6-2-1-3-7-17/h1-15H,16H2,(H2,24,25,26,27). The summed E-state index contributed by atoms with van der Waals surface area (Å²) in [5, 5.41) is 6.57. The monoisotopic (exact) mass is 369 g/mol. The van der Waals surface area contributed by atoms with Gasteiger partial charge in [-0.05, 0) is 48.0 Å². The Balaban J connectivity index is 1.33. The number of para-hydroxylation sites is 1. The summed E-state index contributed by atoms with van der Waals surface area (Å²) in [6.07, 6.45) is 0. The van der Waals surface area contributed by atoms with E-state index >= 15 is 0 Å². The van der Waals surface area contributed by atoms with Crippen molar-refractivity contribution >= 4 is 28.4 Å². The van der Waals surface area contributed by atoms with Gasteiger partial charge in [0.15, 0.2) is 0 Å². The lowest BCUT2D eigenvalue weighted by Gasteiger charge is -2.09. The van der Waals surface area contributed by atoms with E-state index in [-0.39, 0.29) is 6.03 Å². The topological polar surface area (TPSA) is 63.2 Å². The highest BCUT2D eigenvalue weighted by atomic mass is 16.5. The molecule has 5 nitrogen and oxygen atoms in total. The van der Waals surface area contributed by atoms with Gasteiger partial charge in [0.1, 0.15) is 18.2 Å². The number of urea groups is 1. The third kappa shape index (κ3) is 4.45. The molecule has 4 aromatic rings. The number of pyridine rings is 1. The summed E-state index contributed by atoms with van der Waals surface area (Å²) in [5.74, 6) is 1.24. The van der Waals surface area contributed by atoms with Gasteiger partial charge in [0.2, 0.25) is 0 Å². The lowest BCUT2D eigenvalue weighted by atomic mass is 10.2. The van der Waals surface area contributed by atoms with Crippen molar-refractivity contribution in [2.45, 2.75) is 6.61 Å². The van der Waals surface area contributed by atoms with Crippen LogP contribution in [0.5, 0.6) is 5.75 Å². The van der Waals surface area contributed by atoms with Crippen molar-refractivity contribution in [3.8, 4) is 5.75 Å². The molecule has 28 heavy (non-hydrogen) atoms. The van der Waals surface area contributed by atoms with Crippen LogP contribution in [0.2, 0.25) is 0 Å². The minimum atomic E-state index is -0.347. The molecule has 0 bridgehead atoms. The lowest BCUT2D eigenvalue weighted by Crippen LogP contribution is -2.20. The minimum absolute atomic E-state index is 0.347. The third-order valence-corrected chi connectivity index (χ3v) is 4.20. The van der Waals surface area contributed by atoms with Gasteiger partial charge in [-0.15, -0.1) is 0 Å². The van der Waals surface area contributed by atoms with Crippen LogP contribution < -0.4 is 15.4 Å². The molecule has 4 rings (SSSR count). The molecule has 0 radical (unpaired) electrons. The summed E-state index contributed by atoms with van der Waals surface area (Å²) in [6, 6.07) is 28.3. The normalized spacial score (nSPS) is 10.4. The second-order valence-electron chi connectivity index (χ2n) is 6.27. The maximum absolute atomic E-state index is 12.2. The molecule has 0 atom stereocenters. The van der Waals surface area contributed by atoms with Gasteiger partial charge < -0.3 is 10.1 Å². The van der Waals surface area contributed by atoms with Crippen LogP contribution in [0, 0.1) is 0 Å². The molecule has 2 amide bonds. The average molecular weight is 369 g/mol. The van der Waals surface area contributed by atoms with E-state index in [0.717, 1.165) is 22.2 Å². The molecule has 0 aliphatic carbocycles. The summed E-state index contributed by atoms with van der Waals surface area (Å²) in [6.45, 7) is 0.502. The number of rotatable bonds is 5. The van der Waals surface area contributed by atoms with E-state index in [1.54, 1.807) is 18.2 Å². The molecule has 0 unspecified atom stereocenters. The van der Waals surface area contributed by atoms with Gasteiger partial charge in [-0.25, -0.2) is 9.78 Å². The molecule has 0 saturated heterocycles. The number of nitrogens with zero attached hydrogens (tertiary/aromatic N) is 1. The second-order valence-corrected chi connectivity index (χ2v) is 6.27. The number of nitrogens with one attached hydrogen (secondary N) is 2. The predicted octanol–water partition coefficient (Wildman–Crippen LogP) is 5.46. The molecule has 1 aromatic heterocycles. The van der Waals surface area contributed by atoms with Crippen molar-refractivity contribution in [1.82, 2.24) is 4.98 Å². The highest BCUT2D eigenvalue weighted by molar-refractivity contribution is 5.99. The molecule has 3 aromatic carbocycles. The van der Waals surface area contributed by atoms with Crippen LogP contribution >= 0.6 is 0 Å². The van der Waals surface area contributed by atoms with E-state index in [4.69, 9.17) is 4.74 Å². The number of benzene rings is 3. The zero-order valence-corrected chi connectivity index (χ0v) is 15.1. The van der Waals surface area contributed by atoms with Crippen molar-refractivity contribution in [2.75, 3.05) is 10.6 Å². The molecule has 0 fully saturated rings. The van der Waals surface area contributed by atoms with Gasteiger partial charge in [-0.1, -0.05) is 48.5 Å². The first-order chi connectivity index (χ1) is 13.8. The van der Waals surface area contributed by atoms with Crippen molar-refractivity contribution in [2.24, 2.45) is 0 Å². The van der Waals surface area contributed by atoms with Crippen LogP contribution in [0.25, 0.3) is 10.9 Å². The molecule has 0 aliphatic rings. The van der Waals surface area contributed by atoms with Crippen LogP contribution in [-0.2, 0) is 6.61 Å². The summed E-state index contributed by atoms with van der Waals surface area (Å²) >= 11 is 0. The molecule has 2 N–H and O–H groups in total. The zero-order chi connectivity index (χ0) is 19.2. The van der Waals surface area contributed by atoms with Crippen molar-refractivity contribution in [1.29, 1.82) is 0 Å². The van der Waals surface area contributed by atoms with Gasteiger partial charge >= 0.3 is 6.03 Å². The lowest BCUT2D eigenvalue weighted by molar-refractivity contribution is 0.262. The van der Waals surface area contributed by atoms with Gasteiger partial charge in [0.05, 0.1) is 5.52 Å². The number of amides is 2. The number of carbonyl (C=O) groups excluding carboxylic acids is 1. The Morgan fingerprint density at radius 2 is 1.54 bits per heavy atom. The number of aromatic nitrogens is 1. The summed E-state index contributed by atoms with van der Waals surface area (Å²) in [5.41, 5.74) is 2.61. The zero-order valence-electron chi connectivity index (χ0n) is 15.1. The van der Waals surface area contributed by atoms with Crippen LogP contribution in [0.3, 0.4) is 0 Å². The molecule has 0 spiro atoms. The summed E-state index contributed by atoms with van der Waals surface area (Å²) < 4.78 is 5.75. The first-order valence-corrected chi connectivity index (χ1v) is 8.97. The molecule has 0 aliphatic heterocycles. The molecular formula is C23H19N3O2. The van der Waals surface area contributed by atoms with Crippen LogP contribution in [0.4, 0.5) is 16.3 Å². The number of anilines is 2. The van der Waals surface area contributed by atoms with E-state index in [1.165, 1.54) is 0 Å². The number of carbonyl (C=O) groups is 1. The summed E-state index contributed by atoms with van der Waals surface area (Å²) in [4.78, 5) is 16.7. The quantitative estimate of drug-likeness (QED) is 0.491. The number of fused-ring (bicyclic) bond motifs is 1.